The number of nitrogens with two attached hydrogens (primary N) is 1. The summed E-state index contributed by atoms with van der Waals surface area (Å²) in [6, 6.07) is 10.6. The van der Waals surface area contributed by atoms with Gasteiger partial charge in [-0.25, -0.2) is 8.42 Å². The van der Waals surface area contributed by atoms with Crippen LogP contribution in [0.15, 0.2) is 41.3 Å². The molecule has 0 spiro atoms. The first-order chi connectivity index (χ1) is 9.83. The zero-order valence-corrected chi connectivity index (χ0v) is 13.3. The molecule has 0 saturated carbocycles. The van der Waals surface area contributed by atoms with Gasteiger partial charge in [-0.15, -0.1) is 0 Å². The Morgan fingerprint density at radius 2 is 1.86 bits per heavy atom. The molecule has 0 radical (unpaired) electrons. The molecule has 0 aliphatic heterocycles. The average Bonchev–Trinajstić information content (AvgIpc) is 2.40. The molecule has 0 amide bonds. The molecule has 21 heavy (non-hydrogen) atoms. The fourth-order valence-electron chi connectivity index (χ4n) is 2.29. The highest BCUT2D eigenvalue weighted by Gasteiger charge is 2.17. The second-order valence-corrected chi connectivity index (χ2v) is 6.83. The zero-order valence-electron chi connectivity index (χ0n) is 12.5. The van der Waals surface area contributed by atoms with Crippen LogP contribution in [0.1, 0.15) is 23.6 Å². The molecule has 0 saturated heterocycles. The number of hydrogen-bond donors (Lipinski definition) is 2. The first-order valence-corrected chi connectivity index (χ1v) is 8.30. The number of nitrogen functional groups attached to an aromatic ring is 1. The minimum atomic E-state index is -3.64. The molecule has 0 heterocycles. The lowest BCUT2D eigenvalue weighted by atomic mass is 10.1. The second kappa shape index (κ2) is 5.77. The summed E-state index contributed by atoms with van der Waals surface area (Å²) in [7, 11) is -3.64. The van der Waals surface area contributed by atoms with E-state index in [1.54, 1.807) is 12.1 Å². The molecular weight excluding hydrogens is 284 g/mol. The molecule has 0 aromatic heterocycles. The van der Waals surface area contributed by atoms with Gasteiger partial charge >= 0.3 is 0 Å². The topological polar surface area (TPSA) is 72.2 Å². The lowest BCUT2D eigenvalue weighted by Crippen LogP contribution is -2.15. The first-order valence-electron chi connectivity index (χ1n) is 6.82. The second-order valence-electron chi connectivity index (χ2n) is 5.15. The van der Waals surface area contributed by atoms with E-state index in [1.165, 1.54) is 6.07 Å². The maximum Gasteiger partial charge on any atom is 0.261 e. The third-order valence-corrected chi connectivity index (χ3v) is 4.69. The van der Waals surface area contributed by atoms with Gasteiger partial charge in [-0.2, -0.15) is 0 Å². The third-order valence-electron chi connectivity index (χ3n) is 3.36. The molecule has 2 aromatic rings. The van der Waals surface area contributed by atoms with Crippen molar-refractivity contribution in [3.63, 3.8) is 0 Å². The zero-order chi connectivity index (χ0) is 15.6. The minimum Gasteiger partial charge on any atom is -0.399 e. The SMILES string of the molecule is CCc1cccc(C)c1NS(=O)(=O)c1cc(C)cc(N)c1. The van der Waals surface area contributed by atoms with Gasteiger partial charge in [-0.05, 0) is 55.2 Å². The highest BCUT2D eigenvalue weighted by molar-refractivity contribution is 7.92. The summed E-state index contributed by atoms with van der Waals surface area (Å²) in [5, 5.41) is 0. The lowest BCUT2D eigenvalue weighted by molar-refractivity contribution is 0.601. The quantitative estimate of drug-likeness (QED) is 0.852. The van der Waals surface area contributed by atoms with Crippen molar-refractivity contribution < 1.29 is 8.42 Å². The van der Waals surface area contributed by atoms with Gasteiger partial charge in [-0.3, -0.25) is 4.72 Å². The molecular formula is C16H20N2O2S. The van der Waals surface area contributed by atoms with Crippen LogP contribution < -0.4 is 10.5 Å². The van der Waals surface area contributed by atoms with Crippen LogP contribution in [0.4, 0.5) is 11.4 Å². The summed E-state index contributed by atoms with van der Waals surface area (Å²) < 4.78 is 27.8. The van der Waals surface area contributed by atoms with Gasteiger partial charge in [0.25, 0.3) is 10.0 Å². The van der Waals surface area contributed by atoms with E-state index < -0.39 is 10.0 Å². The molecule has 4 nitrogen and oxygen atoms in total. The van der Waals surface area contributed by atoms with Crippen LogP contribution in [0.25, 0.3) is 0 Å². The van der Waals surface area contributed by atoms with Gasteiger partial charge in [0.15, 0.2) is 0 Å². The number of hydrogen-bond acceptors (Lipinski definition) is 3. The van der Waals surface area contributed by atoms with E-state index in [0.29, 0.717) is 11.4 Å². The van der Waals surface area contributed by atoms with Crippen LogP contribution >= 0.6 is 0 Å². The van der Waals surface area contributed by atoms with Gasteiger partial charge in [0.05, 0.1) is 10.6 Å². The Morgan fingerprint density at radius 1 is 1.14 bits per heavy atom. The number of sulfonamides is 1. The van der Waals surface area contributed by atoms with Crippen LogP contribution in [-0.4, -0.2) is 8.42 Å². The Kier molecular flexibility index (Phi) is 4.23. The summed E-state index contributed by atoms with van der Waals surface area (Å²) in [5.74, 6) is 0. The highest BCUT2D eigenvalue weighted by Crippen LogP contribution is 2.25. The van der Waals surface area contributed by atoms with Crippen molar-refractivity contribution in [2.24, 2.45) is 0 Å². The Hall–Kier alpha value is -2.01. The molecule has 2 aromatic carbocycles. The molecule has 0 fully saturated rings. The minimum absolute atomic E-state index is 0.185. The van der Waals surface area contributed by atoms with Gasteiger partial charge in [0.2, 0.25) is 0 Å². The van der Waals surface area contributed by atoms with Crippen molar-refractivity contribution in [1.82, 2.24) is 0 Å². The predicted octanol–water partition coefficient (Wildman–Crippen LogP) is 3.25. The first kappa shape index (κ1) is 15.4. The van der Waals surface area contributed by atoms with E-state index in [9.17, 15) is 8.42 Å². The number of benzene rings is 2. The van der Waals surface area contributed by atoms with E-state index in [2.05, 4.69) is 4.72 Å². The molecule has 5 heteroatoms. The van der Waals surface area contributed by atoms with E-state index >= 15 is 0 Å². The number of anilines is 2. The maximum absolute atomic E-state index is 12.6. The van der Waals surface area contributed by atoms with E-state index in [0.717, 1.165) is 23.1 Å². The molecule has 112 valence electrons. The van der Waals surface area contributed by atoms with Gasteiger partial charge in [0.1, 0.15) is 0 Å². The van der Waals surface area contributed by atoms with E-state index in [4.69, 9.17) is 5.73 Å². The molecule has 0 aliphatic carbocycles. The fourth-order valence-corrected chi connectivity index (χ4v) is 3.61. The molecule has 2 rings (SSSR count). The lowest BCUT2D eigenvalue weighted by Gasteiger charge is -2.15. The van der Waals surface area contributed by atoms with Crippen LogP contribution in [-0.2, 0) is 16.4 Å². The van der Waals surface area contributed by atoms with Crippen LogP contribution in [0.2, 0.25) is 0 Å². The van der Waals surface area contributed by atoms with Crippen LogP contribution in [0, 0.1) is 13.8 Å². The van der Waals surface area contributed by atoms with Crippen molar-refractivity contribution in [2.45, 2.75) is 32.1 Å². The Bertz CT molecular complexity index is 748. The summed E-state index contributed by atoms with van der Waals surface area (Å²) >= 11 is 0. The number of para-hydroxylation sites is 1. The summed E-state index contributed by atoms with van der Waals surface area (Å²) in [5.41, 5.74) is 9.53. The van der Waals surface area contributed by atoms with E-state index in [-0.39, 0.29) is 4.90 Å². The monoisotopic (exact) mass is 304 g/mol. The van der Waals surface area contributed by atoms with Crippen molar-refractivity contribution >= 4 is 21.4 Å². The fraction of sp³-hybridized carbons (Fsp3) is 0.250. The van der Waals surface area contributed by atoms with E-state index in [1.807, 2.05) is 39.0 Å². The van der Waals surface area contributed by atoms with Crippen molar-refractivity contribution in [2.75, 3.05) is 10.5 Å². The molecule has 0 unspecified atom stereocenters. The molecule has 0 bridgehead atoms. The highest BCUT2D eigenvalue weighted by atomic mass is 32.2. The third kappa shape index (κ3) is 3.36. The largest absolute Gasteiger partial charge is 0.399 e. The van der Waals surface area contributed by atoms with Crippen LogP contribution in [0.3, 0.4) is 0 Å². The maximum atomic E-state index is 12.6. The van der Waals surface area contributed by atoms with Gasteiger partial charge in [-0.1, -0.05) is 25.1 Å². The summed E-state index contributed by atoms with van der Waals surface area (Å²) in [6.45, 7) is 5.71. The van der Waals surface area contributed by atoms with Crippen molar-refractivity contribution in [3.05, 3.63) is 53.1 Å². The summed E-state index contributed by atoms with van der Waals surface area (Å²) in [6.07, 6.45) is 0.759. The number of nitrogens with one attached hydrogen (secondary N) is 1. The Balaban J connectivity index is 2.47. The van der Waals surface area contributed by atoms with Crippen molar-refractivity contribution in [3.8, 4) is 0 Å². The standard InChI is InChI=1S/C16H20N2O2S/c1-4-13-7-5-6-12(3)16(13)18-21(19,20)15-9-11(2)8-14(17)10-15/h5-10,18H,4,17H2,1-3H3. The molecule has 0 aliphatic rings. The molecule has 3 N–H and O–H groups in total. The normalized spacial score (nSPS) is 11.4. The van der Waals surface area contributed by atoms with Gasteiger partial charge in [0, 0.05) is 5.69 Å². The smallest absolute Gasteiger partial charge is 0.261 e. The predicted molar refractivity (Wildman–Crippen MR) is 87.0 cm³/mol. The van der Waals surface area contributed by atoms with Crippen molar-refractivity contribution in [1.29, 1.82) is 0 Å². The van der Waals surface area contributed by atoms with Gasteiger partial charge < -0.3 is 5.73 Å². The number of aryl methyl sites for hydroxylation is 3. The average molecular weight is 304 g/mol. The Morgan fingerprint density at radius 3 is 2.48 bits per heavy atom. The van der Waals surface area contributed by atoms with Crippen LogP contribution in [0.5, 0.6) is 0 Å². The Labute approximate surface area is 126 Å². The molecule has 0 atom stereocenters. The summed E-state index contributed by atoms with van der Waals surface area (Å²) in [4.78, 5) is 0.185. The number of rotatable bonds is 4.